The third-order valence-corrected chi connectivity index (χ3v) is 17.6. The van der Waals surface area contributed by atoms with Crippen molar-refractivity contribution in [2.45, 2.75) is 125 Å². The number of hydrogen-bond donors (Lipinski definition) is 1. The number of rotatable bonds is 8. The van der Waals surface area contributed by atoms with Crippen LogP contribution in [0, 0.1) is 62.5 Å². The maximum atomic E-state index is 14.5. The Balaban J connectivity index is 0.888. The lowest BCUT2D eigenvalue weighted by atomic mass is 9.33. The third kappa shape index (κ3) is 6.36. The summed E-state index contributed by atoms with van der Waals surface area (Å²) in [6.45, 7) is 23.0. The molecule has 2 heterocycles. The molecule has 1 N–H and O–H groups in total. The Bertz CT molecular complexity index is 1750. The van der Waals surface area contributed by atoms with E-state index in [4.69, 9.17) is 9.15 Å². The van der Waals surface area contributed by atoms with Crippen molar-refractivity contribution in [2.75, 3.05) is 39.3 Å². The maximum Gasteiger partial charge on any atom is 0.312 e. The minimum Gasteiger partial charge on any atom is -0.465 e. The number of allylic oxidation sites excluding steroid dienone is 2. The van der Waals surface area contributed by atoms with Crippen LogP contribution in [-0.2, 0) is 16.1 Å². The second-order valence-electron chi connectivity index (χ2n) is 20.3. The van der Waals surface area contributed by atoms with Crippen LogP contribution < -0.4 is 0 Å². The fourth-order valence-electron chi connectivity index (χ4n) is 13.8. The summed E-state index contributed by atoms with van der Waals surface area (Å²) in [6.07, 6.45) is 12.8. The molecule has 5 aliphatic carbocycles. The van der Waals surface area contributed by atoms with Crippen LogP contribution in [0.5, 0.6) is 0 Å². The molecule has 0 radical (unpaired) electrons. The highest BCUT2D eigenvalue weighted by Crippen LogP contribution is 2.75. The minimum absolute atomic E-state index is 0.0543. The first-order chi connectivity index (χ1) is 26.1. The summed E-state index contributed by atoms with van der Waals surface area (Å²) >= 11 is 0. The van der Waals surface area contributed by atoms with Gasteiger partial charge >= 0.3 is 5.97 Å². The van der Waals surface area contributed by atoms with Crippen LogP contribution in [0.2, 0.25) is 0 Å². The number of benzene rings is 1. The van der Waals surface area contributed by atoms with Gasteiger partial charge in [-0.15, -0.1) is 10.2 Å². The molecule has 0 amide bonds. The first kappa shape index (κ1) is 39.2. The summed E-state index contributed by atoms with van der Waals surface area (Å²) < 4.78 is 25.5. The van der Waals surface area contributed by atoms with Gasteiger partial charge in [0.05, 0.1) is 24.7 Å². The van der Waals surface area contributed by atoms with E-state index in [0.29, 0.717) is 54.2 Å². The second-order valence-corrected chi connectivity index (χ2v) is 20.3. The molecular weight excluding hydrogens is 692 g/mol. The molecule has 1 aliphatic heterocycles. The van der Waals surface area contributed by atoms with Crippen LogP contribution in [0.15, 0.2) is 40.3 Å². The Labute approximate surface area is 329 Å². The minimum atomic E-state index is -0.421. The van der Waals surface area contributed by atoms with Crippen molar-refractivity contribution < 1.29 is 23.4 Å². The molecule has 0 unspecified atom stereocenters. The molecule has 0 bridgehead atoms. The van der Waals surface area contributed by atoms with Crippen LogP contribution in [-0.4, -0.2) is 76.5 Å². The molecule has 1 aromatic heterocycles. The molecule has 55 heavy (non-hydrogen) atoms. The fraction of sp³-hybridized carbons (Fsp3) is 0.761. The smallest absolute Gasteiger partial charge is 0.312 e. The van der Waals surface area contributed by atoms with Crippen molar-refractivity contribution in [1.29, 1.82) is 0 Å². The average Bonchev–Trinajstić information content (AvgIpc) is 3.63. The van der Waals surface area contributed by atoms with Crippen molar-refractivity contribution >= 4 is 5.97 Å². The van der Waals surface area contributed by atoms with E-state index >= 15 is 0 Å². The highest BCUT2D eigenvalue weighted by atomic mass is 19.1. The molecule has 0 spiro atoms. The molecular formula is C46H67FN4O4. The van der Waals surface area contributed by atoms with Crippen molar-refractivity contribution in [3.63, 3.8) is 0 Å². The Hall–Kier alpha value is -2.62. The van der Waals surface area contributed by atoms with Gasteiger partial charge in [0.2, 0.25) is 11.8 Å². The number of carbonyl (C=O) groups excluding carboxylic acids is 1. The normalized spacial score (nSPS) is 40.3. The number of esters is 1. The topological polar surface area (TPSA) is 91.9 Å². The molecule has 1 aromatic carbocycles. The quantitative estimate of drug-likeness (QED) is 0.162. The average molecular weight is 759 g/mol. The Kier molecular flexibility index (Phi) is 10.2. The molecule has 5 fully saturated rings. The van der Waals surface area contributed by atoms with Crippen LogP contribution >= 0.6 is 0 Å². The zero-order valence-corrected chi connectivity index (χ0v) is 34.7. The number of ether oxygens (including phenoxy) is 1. The van der Waals surface area contributed by atoms with Gasteiger partial charge < -0.3 is 19.2 Å². The first-order valence-electron chi connectivity index (χ1n) is 21.7. The summed E-state index contributed by atoms with van der Waals surface area (Å²) in [7, 11) is 0. The van der Waals surface area contributed by atoms with E-state index in [1.54, 1.807) is 17.7 Å². The monoisotopic (exact) mass is 759 g/mol. The lowest BCUT2D eigenvalue weighted by Crippen LogP contribution is -2.65. The van der Waals surface area contributed by atoms with Crippen molar-refractivity contribution in [3.8, 4) is 11.5 Å². The van der Waals surface area contributed by atoms with Gasteiger partial charge in [0.25, 0.3) is 0 Å². The number of hydrogen-bond acceptors (Lipinski definition) is 8. The highest BCUT2D eigenvalue weighted by Gasteiger charge is 2.69. The zero-order valence-electron chi connectivity index (χ0n) is 34.7. The van der Waals surface area contributed by atoms with E-state index in [2.05, 4.69) is 74.5 Å². The summed E-state index contributed by atoms with van der Waals surface area (Å²) in [4.78, 5) is 19.3. The molecule has 1 saturated heterocycles. The number of halogens is 1. The molecule has 2 aromatic rings. The van der Waals surface area contributed by atoms with E-state index in [1.165, 1.54) is 25.0 Å². The lowest BCUT2D eigenvalue weighted by molar-refractivity contribution is -0.207. The number of carbonyl (C=O) groups is 1. The van der Waals surface area contributed by atoms with Gasteiger partial charge in [0.15, 0.2) is 0 Å². The van der Waals surface area contributed by atoms with Gasteiger partial charge in [-0.25, -0.2) is 4.39 Å². The maximum absolute atomic E-state index is 14.5. The first-order valence-corrected chi connectivity index (χ1v) is 21.7. The SMILES string of the molecule is C[C@H]1[C@H](C)CC[C@]2(C(=O)OCCCN3CCN(Cc4nnc(-c5ccc(F)cc5)o4)CC3)CC[C@]3(C)C(=CC[C@@H]4[C@@]5(C)CC[C@H](O)C(C)(C)[C@@H]5CC[C@]43C)[C@H]12. The molecule has 4 saturated carbocycles. The van der Waals surface area contributed by atoms with E-state index in [-0.39, 0.29) is 45.5 Å². The number of piperazine rings is 1. The Morgan fingerprint density at radius 1 is 0.909 bits per heavy atom. The summed E-state index contributed by atoms with van der Waals surface area (Å²) in [6, 6.07) is 6.10. The van der Waals surface area contributed by atoms with Crippen molar-refractivity contribution in [1.82, 2.24) is 20.0 Å². The van der Waals surface area contributed by atoms with Gasteiger partial charge in [-0.1, -0.05) is 60.1 Å². The van der Waals surface area contributed by atoms with Gasteiger partial charge in [-0.05, 0) is 140 Å². The van der Waals surface area contributed by atoms with Gasteiger partial charge in [0, 0.05) is 38.3 Å². The number of fused-ring (bicyclic) bond motifs is 7. The number of aliphatic hydroxyl groups excluding tert-OH is 1. The van der Waals surface area contributed by atoms with E-state index in [1.807, 2.05) is 0 Å². The number of aromatic nitrogens is 2. The van der Waals surface area contributed by atoms with Crippen LogP contribution in [0.25, 0.3) is 11.5 Å². The molecule has 9 heteroatoms. The largest absolute Gasteiger partial charge is 0.465 e. The Morgan fingerprint density at radius 2 is 1.64 bits per heavy atom. The molecule has 8 rings (SSSR count). The van der Waals surface area contributed by atoms with Crippen molar-refractivity contribution in [3.05, 3.63) is 47.6 Å². The van der Waals surface area contributed by atoms with Crippen LogP contribution in [0.4, 0.5) is 4.39 Å². The zero-order chi connectivity index (χ0) is 39.0. The second kappa shape index (κ2) is 14.3. The van der Waals surface area contributed by atoms with E-state index < -0.39 is 5.41 Å². The number of nitrogens with zero attached hydrogens (tertiary/aromatic N) is 4. The van der Waals surface area contributed by atoms with E-state index in [0.717, 1.165) is 84.1 Å². The summed E-state index contributed by atoms with van der Waals surface area (Å²) in [5, 5.41) is 19.5. The van der Waals surface area contributed by atoms with E-state index in [9.17, 15) is 14.3 Å². The predicted octanol–water partition coefficient (Wildman–Crippen LogP) is 8.95. The van der Waals surface area contributed by atoms with Gasteiger partial charge in [-0.2, -0.15) is 0 Å². The molecule has 8 nitrogen and oxygen atoms in total. The van der Waals surface area contributed by atoms with Crippen LogP contribution in [0.3, 0.4) is 0 Å². The van der Waals surface area contributed by atoms with Gasteiger partial charge in [-0.3, -0.25) is 9.69 Å². The fourth-order valence-corrected chi connectivity index (χ4v) is 13.8. The lowest BCUT2D eigenvalue weighted by Gasteiger charge is -2.71. The molecule has 10 atom stereocenters. The molecule has 6 aliphatic rings. The molecule has 302 valence electrons. The predicted molar refractivity (Wildman–Crippen MR) is 212 cm³/mol. The van der Waals surface area contributed by atoms with Crippen molar-refractivity contribution in [2.24, 2.45) is 56.7 Å². The van der Waals surface area contributed by atoms with Crippen LogP contribution in [0.1, 0.15) is 119 Å². The standard InChI is InChI=1S/C46H67FN4O4/c1-30-15-20-46(41(53)54-28-8-23-50-24-26-51(27-25-50)29-38-48-49-40(55-38)32-9-11-33(47)12-10-32)22-21-44(6)34(39(46)31(30)2)13-14-36-43(5)18-17-37(52)42(3,4)35(43)16-19-45(36,44)7/h9-13,30-31,35-37,39,52H,8,14-29H2,1-7H3/t30-,31+,35+,36-,37+,39+,43+,44-,45-,46+/m1/s1. The number of aliphatic hydroxyl groups is 1. The Morgan fingerprint density at radius 3 is 2.38 bits per heavy atom. The third-order valence-electron chi connectivity index (χ3n) is 17.6. The summed E-state index contributed by atoms with van der Waals surface area (Å²) in [5.41, 5.74) is 2.30. The highest BCUT2D eigenvalue weighted by molar-refractivity contribution is 5.79. The van der Waals surface area contributed by atoms with Gasteiger partial charge in [0.1, 0.15) is 5.82 Å². The summed E-state index contributed by atoms with van der Waals surface area (Å²) in [5.74, 6) is 3.16.